The number of aryl methyl sites for hydroxylation is 2. The van der Waals surface area contributed by atoms with Crippen LogP contribution in [0.1, 0.15) is 19.5 Å². The maximum atomic E-state index is 11.6. The summed E-state index contributed by atoms with van der Waals surface area (Å²) in [5, 5.41) is 4.38. The Kier molecular flexibility index (Phi) is 3.27. The van der Waals surface area contributed by atoms with E-state index in [1.54, 1.807) is 0 Å². The van der Waals surface area contributed by atoms with Gasteiger partial charge in [0.25, 0.3) is 0 Å². The summed E-state index contributed by atoms with van der Waals surface area (Å²) in [7, 11) is -2.91. The second-order valence-electron chi connectivity index (χ2n) is 4.80. The van der Waals surface area contributed by atoms with E-state index in [-0.39, 0.29) is 17.5 Å². The summed E-state index contributed by atoms with van der Waals surface area (Å²) in [6.07, 6.45) is 0. The van der Waals surface area contributed by atoms with Crippen LogP contribution >= 0.6 is 0 Å². The molecule has 18 heavy (non-hydrogen) atoms. The Hall–Kier alpha value is -1.24. The zero-order chi connectivity index (χ0) is 13.5. The molecule has 0 radical (unpaired) electrons. The molecule has 0 amide bonds. The molecule has 1 fully saturated rings. The molecule has 1 unspecified atom stereocenters. The predicted molar refractivity (Wildman–Crippen MR) is 72.5 cm³/mol. The van der Waals surface area contributed by atoms with Gasteiger partial charge in [-0.1, -0.05) is 0 Å². The van der Waals surface area contributed by atoms with E-state index >= 15 is 0 Å². The van der Waals surface area contributed by atoms with Crippen LogP contribution in [0.3, 0.4) is 0 Å². The average Bonchev–Trinajstić information content (AvgIpc) is 2.55. The van der Waals surface area contributed by atoms with E-state index in [0.29, 0.717) is 12.2 Å². The lowest BCUT2D eigenvalue weighted by Crippen LogP contribution is -2.48. The smallest absolute Gasteiger partial charge is 0.154 e. The van der Waals surface area contributed by atoms with Crippen molar-refractivity contribution >= 4 is 21.3 Å². The van der Waals surface area contributed by atoms with Gasteiger partial charge in [-0.05, 0) is 20.8 Å². The molecule has 1 atom stereocenters. The van der Waals surface area contributed by atoms with Crippen LogP contribution in [-0.2, 0) is 16.4 Å². The van der Waals surface area contributed by atoms with Crippen molar-refractivity contribution in [1.29, 1.82) is 0 Å². The van der Waals surface area contributed by atoms with Crippen LogP contribution in [-0.4, -0.2) is 42.3 Å². The van der Waals surface area contributed by atoms with Crippen molar-refractivity contribution in [1.82, 2.24) is 9.78 Å². The Morgan fingerprint density at radius 2 is 2.17 bits per heavy atom. The topological polar surface area (TPSA) is 81.2 Å². The summed E-state index contributed by atoms with van der Waals surface area (Å²) in [5.74, 6) is 1.22. The molecule has 1 aromatic rings. The Morgan fingerprint density at radius 1 is 1.50 bits per heavy atom. The van der Waals surface area contributed by atoms with Crippen LogP contribution in [0, 0.1) is 6.92 Å². The molecule has 0 spiro atoms. The largest absolute Gasteiger partial charge is 0.394 e. The van der Waals surface area contributed by atoms with Crippen molar-refractivity contribution in [2.45, 2.75) is 33.4 Å². The van der Waals surface area contributed by atoms with Crippen LogP contribution in [0.25, 0.3) is 0 Å². The van der Waals surface area contributed by atoms with E-state index in [4.69, 9.17) is 5.73 Å². The number of nitrogen functional groups attached to an aromatic ring is 1. The average molecular weight is 272 g/mol. The first-order chi connectivity index (χ1) is 8.35. The van der Waals surface area contributed by atoms with Crippen molar-refractivity contribution < 1.29 is 8.42 Å². The number of anilines is 2. The highest BCUT2D eigenvalue weighted by molar-refractivity contribution is 7.91. The molecular weight excluding hydrogens is 252 g/mol. The minimum absolute atomic E-state index is 0.0625. The molecule has 0 saturated carbocycles. The van der Waals surface area contributed by atoms with Crippen LogP contribution in [0.2, 0.25) is 0 Å². The maximum Gasteiger partial charge on any atom is 0.154 e. The lowest BCUT2D eigenvalue weighted by Gasteiger charge is -2.35. The van der Waals surface area contributed by atoms with Gasteiger partial charge >= 0.3 is 0 Å². The normalized spacial score (nSPS) is 23.3. The molecule has 1 aromatic heterocycles. The van der Waals surface area contributed by atoms with E-state index in [2.05, 4.69) is 10.00 Å². The molecule has 0 bridgehead atoms. The monoisotopic (exact) mass is 272 g/mol. The summed E-state index contributed by atoms with van der Waals surface area (Å²) in [5.41, 5.74) is 7.52. The molecular formula is C11H20N4O2S. The number of sulfone groups is 1. The number of hydrogen-bond acceptors (Lipinski definition) is 5. The van der Waals surface area contributed by atoms with Crippen LogP contribution in [0.15, 0.2) is 0 Å². The van der Waals surface area contributed by atoms with Gasteiger partial charge in [-0.25, -0.2) is 13.1 Å². The van der Waals surface area contributed by atoms with Crippen molar-refractivity contribution in [3.63, 3.8) is 0 Å². The van der Waals surface area contributed by atoms with Crippen molar-refractivity contribution in [3.05, 3.63) is 5.69 Å². The van der Waals surface area contributed by atoms with Crippen molar-refractivity contribution in [2.24, 2.45) is 0 Å². The molecule has 2 rings (SSSR count). The van der Waals surface area contributed by atoms with Gasteiger partial charge in [-0.15, -0.1) is 0 Å². The zero-order valence-corrected chi connectivity index (χ0v) is 11.9. The van der Waals surface area contributed by atoms with Gasteiger partial charge in [0.2, 0.25) is 0 Å². The second-order valence-corrected chi connectivity index (χ2v) is 7.02. The van der Waals surface area contributed by atoms with Gasteiger partial charge in [0.1, 0.15) is 0 Å². The molecule has 0 aromatic carbocycles. The number of nitrogens with zero attached hydrogens (tertiary/aromatic N) is 3. The highest BCUT2D eigenvalue weighted by Crippen LogP contribution is 2.29. The van der Waals surface area contributed by atoms with E-state index in [1.807, 2.05) is 25.5 Å². The summed E-state index contributed by atoms with van der Waals surface area (Å²) in [6, 6.07) is -0.0625. The standard InChI is InChI=1S/C11H20N4O2S/c1-4-15-11(10(12)9(3)13-15)14-5-6-18(16,17)7-8(14)2/h8H,4-7,12H2,1-3H3. The van der Waals surface area contributed by atoms with Crippen molar-refractivity contribution in [3.8, 4) is 0 Å². The Morgan fingerprint density at radius 3 is 2.72 bits per heavy atom. The van der Waals surface area contributed by atoms with E-state index < -0.39 is 9.84 Å². The minimum atomic E-state index is -2.91. The fraction of sp³-hybridized carbons (Fsp3) is 0.727. The number of nitrogens with two attached hydrogens (primary N) is 1. The molecule has 102 valence electrons. The van der Waals surface area contributed by atoms with Crippen LogP contribution in [0.5, 0.6) is 0 Å². The van der Waals surface area contributed by atoms with Gasteiger partial charge in [0.15, 0.2) is 15.7 Å². The van der Waals surface area contributed by atoms with Crippen molar-refractivity contribution in [2.75, 3.05) is 28.7 Å². The fourth-order valence-corrected chi connectivity index (χ4v) is 3.98. The predicted octanol–water partition coefficient (Wildman–Crippen LogP) is 0.417. The van der Waals surface area contributed by atoms with Gasteiger partial charge in [0, 0.05) is 19.1 Å². The van der Waals surface area contributed by atoms with Crippen LogP contribution < -0.4 is 10.6 Å². The van der Waals surface area contributed by atoms with Gasteiger partial charge in [0.05, 0.1) is 22.9 Å². The summed E-state index contributed by atoms with van der Waals surface area (Å²) >= 11 is 0. The summed E-state index contributed by atoms with van der Waals surface area (Å²) in [6.45, 7) is 7.00. The highest BCUT2D eigenvalue weighted by atomic mass is 32.2. The molecule has 7 heteroatoms. The maximum absolute atomic E-state index is 11.6. The Bertz CT molecular complexity index is 550. The SMILES string of the molecule is CCn1nc(C)c(N)c1N1CCS(=O)(=O)CC1C. The zero-order valence-electron chi connectivity index (χ0n) is 11.0. The molecule has 1 saturated heterocycles. The first-order valence-corrected chi connectivity index (χ1v) is 7.97. The molecule has 6 nitrogen and oxygen atoms in total. The van der Waals surface area contributed by atoms with E-state index in [9.17, 15) is 8.42 Å². The van der Waals surface area contributed by atoms with E-state index in [0.717, 1.165) is 18.1 Å². The second kappa shape index (κ2) is 4.46. The Balaban J connectivity index is 2.38. The third-order valence-electron chi connectivity index (χ3n) is 3.39. The van der Waals surface area contributed by atoms with Gasteiger partial charge in [-0.3, -0.25) is 0 Å². The first kappa shape index (κ1) is 13.2. The first-order valence-electron chi connectivity index (χ1n) is 6.15. The fourth-order valence-electron chi connectivity index (χ4n) is 2.42. The molecule has 0 aliphatic carbocycles. The lowest BCUT2D eigenvalue weighted by molar-refractivity contribution is 0.555. The summed E-state index contributed by atoms with van der Waals surface area (Å²) in [4.78, 5) is 2.06. The third-order valence-corrected chi connectivity index (χ3v) is 5.18. The number of rotatable bonds is 2. The number of aromatic nitrogens is 2. The van der Waals surface area contributed by atoms with E-state index in [1.165, 1.54) is 0 Å². The Labute approximate surface area is 108 Å². The quantitative estimate of drug-likeness (QED) is 0.843. The lowest BCUT2D eigenvalue weighted by atomic mass is 10.2. The number of hydrogen-bond donors (Lipinski definition) is 1. The minimum Gasteiger partial charge on any atom is -0.394 e. The summed E-state index contributed by atoms with van der Waals surface area (Å²) < 4.78 is 25.1. The molecule has 1 aliphatic rings. The van der Waals surface area contributed by atoms with Crippen LogP contribution in [0.4, 0.5) is 11.5 Å². The molecule has 1 aliphatic heterocycles. The van der Waals surface area contributed by atoms with Gasteiger partial charge < -0.3 is 10.6 Å². The third kappa shape index (κ3) is 2.19. The molecule has 2 N–H and O–H groups in total. The molecule has 2 heterocycles. The van der Waals surface area contributed by atoms with Gasteiger partial charge in [-0.2, -0.15) is 5.10 Å². The highest BCUT2D eigenvalue weighted by Gasteiger charge is 2.31.